The summed E-state index contributed by atoms with van der Waals surface area (Å²) in [5.74, 6) is 0.398. The van der Waals surface area contributed by atoms with Gasteiger partial charge in [-0.2, -0.15) is 0 Å². The van der Waals surface area contributed by atoms with Crippen LogP contribution in [0.15, 0.2) is 85.0 Å². The van der Waals surface area contributed by atoms with E-state index in [1.807, 2.05) is 12.1 Å². The zero-order chi connectivity index (χ0) is 16.2. The van der Waals surface area contributed by atoms with Crippen molar-refractivity contribution in [2.75, 3.05) is 0 Å². The summed E-state index contributed by atoms with van der Waals surface area (Å²) in [6.07, 6.45) is 10.5. The van der Waals surface area contributed by atoms with Crippen molar-refractivity contribution in [3.63, 3.8) is 0 Å². The van der Waals surface area contributed by atoms with Crippen molar-refractivity contribution in [2.45, 2.75) is 31.3 Å². The molecule has 0 spiro atoms. The molecule has 2 nitrogen and oxygen atoms in total. The molecule has 0 aromatic heterocycles. The summed E-state index contributed by atoms with van der Waals surface area (Å²) in [6, 6.07) is 20.8. The molecule has 2 aromatic carbocycles. The van der Waals surface area contributed by atoms with Crippen LogP contribution < -0.4 is 0 Å². The second kappa shape index (κ2) is 7.16. The topological polar surface area (TPSA) is 18.5 Å². The summed E-state index contributed by atoms with van der Waals surface area (Å²) < 4.78 is 12.7. The molecule has 4 rings (SSSR count). The SMILES string of the molecule is C1=CC(CC2O[C@H](c3ccccc3)[C@@H](c3ccccc3)O2)C=CC1. The summed E-state index contributed by atoms with van der Waals surface area (Å²) >= 11 is 0. The van der Waals surface area contributed by atoms with E-state index < -0.39 is 0 Å². The summed E-state index contributed by atoms with van der Waals surface area (Å²) in [6.45, 7) is 0. The van der Waals surface area contributed by atoms with Crippen LogP contribution in [-0.4, -0.2) is 6.29 Å². The van der Waals surface area contributed by atoms with Gasteiger partial charge in [-0.3, -0.25) is 0 Å². The minimum Gasteiger partial charge on any atom is -0.342 e. The molecule has 2 atom stereocenters. The van der Waals surface area contributed by atoms with Crippen LogP contribution in [0.25, 0.3) is 0 Å². The van der Waals surface area contributed by atoms with Gasteiger partial charge in [-0.25, -0.2) is 0 Å². The molecule has 1 aliphatic heterocycles. The average molecular weight is 318 g/mol. The van der Waals surface area contributed by atoms with E-state index in [4.69, 9.17) is 9.47 Å². The van der Waals surface area contributed by atoms with Crippen molar-refractivity contribution in [3.8, 4) is 0 Å². The number of rotatable bonds is 4. The molecule has 1 heterocycles. The largest absolute Gasteiger partial charge is 0.342 e. The van der Waals surface area contributed by atoms with Gasteiger partial charge in [0.1, 0.15) is 12.2 Å². The number of benzene rings is 2. The Kier molecular flexibility index (Phi) is 4.59. The Morgan fingerprint density at radius 2 is 1.21 bits per heavy atom. The van der Waals surface area contributed by atoms with Crippen molar-refractivity contribution in [1.82, 2.24) is 0 Å². The van der Waals surface area contributed by atoms with Crippen LogP contribution in [-0.2, 0) is 9.47 Å². The molecule has 0 radical (unpaired) electrons. The molecule has 24 heavy (non-hydrogen) atoms. The van der Waals surface area contributed by atoms with Crippen molar-refractivity contribution < 1.29 is 9.47 Å². The van der Waals surface area contributed by atoms with Gasteiger partial charge < -0.3 is 9.47 Å². The van der Waals surface area contributed by atoms with Gasteiger partial charge in [0.15, 0.2) is 6.29 Å². The van der Waals surface area contributed by atoms with E-state index in [0.29, 0.717) is 5.92 Å². The number of hydrogen-bond donors (Lipinski definition) is 0. The maximum atomic E-state index is 6.33. The molecular formula is C22H22O2. The number of ether oxygens (including phenoxy) is 2. The third kappa shape index (κ3) is 3.35. The highest BCUT2D eigenvalue weighted by molar-refractivity contribution is 5.26. The summed E-state index contributed by atoms with van der Waals surface area (Å²) in [5, 5.41) is 0. The molecule has 2 aliphatic rings. The molecule has 0 N–H and O–H groups in total. The first kappa shape index (κ1) is 15.4. The van der Waals surface area contributed by atoms with E-state index in [2.05, 4.69) is 72.8 Å². The lowest BCUT2D eigenvalue weighted by atomic mass is 9.99. The zero-order valence-electron chi connectivity index (χ0n) is 13.6. The van der Waals surface area contributed by atoms with E-state index in [1.54, 1.807) is 0 Å². The standard InChI is InChI=1S/C22H22O2/c1-4-10-17(11-5-1)16-20-23-21(18-12-6-2-7-13-18)22(24-20)19-14-8-3-9-15-19/h2-15,17,20-22H,1,16H2/t21-,22-/m1/s1. The van der Waals surface area contributed by atoms with Crippen molar-refractivity contribution in [1.29, 1.82) is 0 Å². The molecule has 0 bridgehead atoms. The maximum Gasteiger partial charge on any atom is 0.160 e. The second-order valence-corrected chi connectivity index (χ2v) is 6.36. The van der Waals surface area contributed by atoms with Gasteiger partial charge in [0, 0.05) is 6.42 Å². The smallest absolute Gasteiger partial charge is 0.160 e. The lowest BCUT2D eigenvalue weighted by Crippen LogP contribution is -2.13. The Labute approximate surface area is 143 Å². The summed E-state index contributed by atoms with van der Waals surface area (Å²) in [5.41, 5.74) is 2.34. The van der Waals surface area contributed by atoms with E-state index in [9.17, 15) is 0 Å². The molecule has 1 saturated heterocycles. The highest BCUT2D eigenvalue weighted by Crippen LogP contribution is 2.44. The molecule has 0 unspecified atom stereocenters. The Balaban J connectivity index is 1.57. The van der Waals surface area contributed by atoms with Crippen LogP contribution in [0.5, 0.6) is 0 Å². The van der Waals surface area contributed by atoms with Gasteiger partial charge >= 0.3 is 0 Å². The van der Waals surface area contributed by atoms with Gasteiger partial charge in [-0.05, 0) is 23.5 Å². The Morgan fingerprint density at radius 3 is 1.71 bits per heavy atom. The second-order valence-electron chi connectivity index (χ2n) is 6.36. The normalized spacial score (nSPS) is 24.5. The van der Waals surface area contributed by atoms with E-state index in [1.165, 1.54) is 11.1 Å². The molecule has 0 saturated carbocycles. The minimum absolute atomic E-state index is 0.0600. The fraction of sp³-hybridized carbons (Fsp3) is 0.273. The fourth-order valence-electron chi connectivity index (χ4n) is 3.43. The quantitative estimate of drug-likeness (QED) is 0.706. The first-order valence-electron chi connectivity index (χ1n) is 8.64. The van der Waals surface area contributed by atoms with Crippen molar-refractivity contribution in [3.05, 3.63) is 96.1 Å². The number of hydrogen-bond acceptors (Lipinski definition) is 2. The monoisotopic (exact) mass is 318 g/mol. The van der Waals surface area contributed by atoms with Gasteiger partial charge in [0.25, 0.3) is 0 Å². The van der Waals surface area contributed by atoms with Crippen molar-refractivity contribution >= 4 is 0 Å². The van der Waals surface area contributed by atoms with Gasteiger partial charge in [0.2, 0.25) is 0 Å². The maximum absolute atomic E-state index is 6.33. The highest BCUT2D eigenvalue weighted by atomic mass is 16.7. The Morgan fingerprint density at radius 1 is 0.708 bits per heavy atom. The third-order valence-electron chi connectivity index (χ3n) is 4.63. The van der Waals surface area contributed by atoms with E-state index >= 15 is 0 Å². The van der Waals surface area contributed by atoms with Crippen LogP contribution in [0.3, 0.4) is 0 Å². The first-order chi connectivity index (χ1) is 11.9. The Hall–Kier alpha value is -2.16. The lowest BCUT2D eigenvalue weighted by Gasteiger charge is -2.17. The third-order valence-corrected chi connectivity index (χ3v) is 4.63. The van der Waals surface area contributed by atoms with E-state index in [-0.39, 0.29) is 18.5 Å². The molecule has 2 heteroatoms. The predicted molar refractivity (Wildman–Crippen MR) is 95.3 cm³/mol. The number of allylic oxidation sites excluding steroid dienone is 4. The minimum atomic E-state index is -0.183. The predicted octanol–water partition coefficient (Wildman–Crippen LogP) is 5.36. The van der Waals surface area contributed by atoms with Gasteiger partial charge in [-0.15, -0.1) is 0 Å². The first-order valence-corrected chi connectivity index (χ1v) is 8.64. The molecular weight excluding hydrogens is 296 g/mol. The highest BCUT2D eigenvalue weighted by Gasteiger charge is 2.38. The van der Waals surface area contributed by atoms with Gasteiger partial charge in [0.05, 0.1) is 0 Å². The van der Waals surface area contributed by atoms with Crippen LogP contribution in [0.1, 0.15) is 36.2 Å². The lowest BCUT2D eigenvalue weighted by molar-refractivity contribution is -0.0748. The van der Waals surface area contributed by atoms with Crippen LogP contribution >= 0.6 is 0 Å². The van der Waals surface area contributed by atoms with Crippen molar-refractivity contribution in [2.24, 2.45) is 5.92 Å². The van der Waals surface area contributed by atoms with E-state index in [0.717, 1.165) is 12.8 Å². The average Bonchev–Trinajstić information content (AvgIpc) is 3.08. The summed E-state index contributed by atoms with van der Waals surface area (Å²) in [4.78, 5) is 0. The molecule has 2 aromatic rings. The molecule has 122 valence electrons. The molecule has 0 amide bonds. The van der Waals surface area contributed by atoms with Crippen LogP contribution in [0.2, 0.25) is 0 Å². The Bertz CT molecular complexity index is 646. The molecule has 1 aliphatic carbocycles. The summed E-state index contributed by atoms with van der Waals surface area (Å²) in [7, 11) is 0. The van der Waals surface area contributed by atoms with Gasteiger partial charge in [-0.1, -0.05) is 85.0 Å². The zero-order valence-corrected chi connectivity index (χ0v) is 13.6. The molecule has 1 fully saturated rings. The van der Waals surface area contributed by atoms with Crippen LogP contribution in [0, 0.1) is 5.92 Å². The van der Waals surface area contributed by atoms with Crippen LogP contribution in [0.4, 0.5) is 0 Å². The fourth-order valence-corrected chi connectivity index (χ4v) is 3.43.